The number of benzene rings is 1. The predicted molar refractivity (Wildman–Crippen MR) is 79.9 cm³/mol. The fourth-order valence-electron chi connectivity index (χ4n) is 1.39. The van der Waals surface area contributed by atoms with E-state index in [1.807, 2.05) is 32.0 Å². The first kappa shape index (κ1) is 15.7. The Hall–Kier alpha value is -0.390. The average Bonchev–Trinajstić information content (AvgIpc) is 2.30. The maximum absolute atomic E-state index is 12.2. The molecule has 100 valence electrons. The second-order valence-corrected chi connectivity index (χ2v) is 6.04. The van der Waals surface area contributed by atoms with Gasteiger partial charge in [-0.25, -0.2) is 0 Å². The van der Waals surface area contributed by atoms with Gasteiger partial charge in [0.15, 0.2) is 0 Å². The Bertz CT molecular complexity index is 421. The van der Waals surface area contributed by atoms with Crippen LogP contribution in [0.2, 0.25) is 0 Å². The van der Waals surface area contributed by atoms with Crippen LogP contribution < -0.4 is 0 Å². The average molecular weight is 379 g/mol. The quantitative estimate of drug-likeness (QED) is 0.781. The summed E-state index contributed by atoms with van der Waals surface area (Å²) in [5.41, 5.74) is 0.649. The van der Waals surface area contributed by atoms with Gasteiger partial charge in [0.1, 0.15) is 0 Å². The lowest BCUT2D eigenvalue weighted by atomic mass is 10.2. The molecule has 0 unspecified atom stereocenters. The molecule has 18 heavy (non-hydrogen) atoms. The summed E-state index contributed by atoms with van der Waals surface area (Å²) in [6.45, 7) is 5.08. The maximum atomic E-state index is 12.2. The van der Waals surface area contributed by atoms with E-state index < -0.39 is 0 Å². The molecule has 5 heteroatoms. The fourth-order valence-corrected chi connectivity index (χ4v) is 2.17. The molecular formula is C13H17Br2NO2. The molecule has 0 spiro atoms. The molecule has 0 saturated heterocycles. The third-order valence-corrected chi connectivity index (χ3v) is 3.57. The summed E-state index contributed by atoms with van der Waals surface area (Å²) in [6, 6.07) is 5.56. The third-order valence-electron chi connectivity index (χ3n) is 2.38. The second kappa shape index (κ2) is 7.26. The van der Waals surface area contributed by atoms with Crippen LogP contribution in [0.1, 0.15) is 24.2 Å². The summed E-state index contributed by atoms with van der Waals surface area (Å²) in [5.74, 6) is -0.0180. The molecule has 0 bridgehead atoms. The van der Waals surface area contributed by atoms with Crippen LogP contribution in [0.25, 0.3) is 0 Å². The zero-order valence-corrected chi connectivity index (χ0v) is 13.9. The molecular weight excluding hydrogens is 362 g/mol. The van der Waals surface area contributed by atoms with Crippen molar-refractivity contribution in [2.45, 2.75) is 20.0 Å². The smallest absolute Gasteiger partial charge is 0.254 e. The van der Waals surface area contributed by atoms with E-state index in [0.29, 0.717) is 18.7 Å². The Morgan fingerprint density at radius 1 is 1.39 bits per heavy atom. The van der Waals surface area contributed by atoms with Gasteiger partial charge in [-0.2, -0.15) is 0 Å². The molecule has 0 heterocycles. The molecule has 0 aliphatic carbocycles. The lowest BCUT2D eigenvalue weighted by Gasteiger charge is -2.19. The summed E-state index contributed by atoms with van der Waals surface area (Å²) in [6.07, 6.45) is 0.186. The van der Waals surface area contributed by atoms with Gasteiger partial charge in [-0.1, -0.05) is 15.9 Å². The van der Waals surface area contributed by atoms with E-state index in [0.717, 1.165) is 8.95 Å². The normalized spacial score (nSPS) is 10.8. The number of carbonyl (C=O) groups is 1. The van der Waals surface area contributed by atoms with Crippen LogP contribution in [0, 0.1) is 0 Å². The van der Waals surface area contributed by atoms with Crippen molar-refractivity contribution in [1.29, 1.82) is 0 Å². The molecule has 1 aromatic rings. The molecule has 1 rings (SSSR count). The number of hydrogen-bond acceptors (Lipinski definition) is 2. The van der Waals surface area contributed by atoms with Crippen molar-refractivity contribution >= 4 is 37.8 Å². The number of rotatable bonds is 5. The highest BCUT2D eigenvalue weighted by Crippen LogP contribution is 2.22. The van der Waals surface area contributed by atoms with Crippen LogP contribution in [0.15, 0.2) is 27.1 Å². The monoisotopic (exact) mass is 377 g/mol. The van der Waals surface area contributed by atoms with Crippen LogP contribution in [0.4, 0.5) is 0 Å². The largest absolute Gasteiger partial charge is 0.377 e. The summed E-state index contributed by atoms with van der Waals surface area (Å²) < 4.78 is 7.13. The number of halogens is 2. The molecule has 3 nitrogen and oxygen atoms in total. The van der Waals surface area contributed by atoms with Gasteiger partial charge >= 0.3 is 0 Å². The molecule has 0 aromatic heterocycles. The number of ether oxygens (including phenoxy) is 1. The first-order valence-corrected chi connectivity index (χ1v) is 7.32. The highest BCUT2D eigenvalue weighted by atomic mass is 79.9. The van der Waals surface area contributed by atoms with Crippen LogP contribution in [0.3, 0.4) is 0 Å². The van der Waals surface area contributed by atoms with Gasteiger partial charge in [-0.3, -0.25) is 4.79 Å². The molecule has 0 radical (unpaired) electrons. The van der Waals surface area contributed by atoms with Crippen molar-refractivity contribution in [2.24, 2.45) is 0 Å². The van der Waals surface area contributed by atoms with E-state index in [4.69, 9.17) is 4.74 Å². The molecule has 1 aromatic carbocycles. The van der Waals surface area contributed by atoms with Gasteiger partial charge < -0.3 is 9.64 Å². The lowest BCUT2D eigenvalue weighted by molar-refractivity contribution is 0.0531. The minimum absolute atomic E-state index is 0.0180. The Labute approximate surface area is 125 Å². The Morgan fingerprint density at radius 2 is 2.06 bits per heavy atom. The summed E-state index contributed by atoms with van der Waals surface area (Å²) in [4.78, 5) is 13.9. The van der Waals surface area contributed by atoms with Crippen molar-refractivity contribution < 1.29 is 9.53 Å². The van der Waals surface area contributed by atoms with E-state index in [2.05, 4.69) is 31.9 Å². The number of carbonyl (C=O) groups excluding carboxylic acids is 1. The lowest BCUT2D eigenvalue weighted by Crippen LogP contribution is -2.31. The van der Waals surface area contributed by atoms with Crippen molar-refractivity contribution in [3.05, 3.63) is 32.7 Å². The molecule has 0 aliphatic heterocycles. The van der Waals surface area contributed by atoms with Crippen LogP contribution in [-0.2, 0) is 4.74 Å². The van der Waals surface area contributed by atoms with Crippen LogP contribution in [-0.4, -0.2) is 37.1 Å². The topological polar surface area (TPSA) is 29.5 Å². The highest BCUT2D eigenvalue weighted by Gasteiger charge is 2.15. The fraction of sp³-hybridized carbons (Fsp3) is 0.462. The SMILES string of the molecule is CC(C)OCCN(C)C(=O)c1cc(Br)ccc1Br. The van der Waals surface area contributed by atoms with E-state index in [1.165, 1.54) is 0 Å². The van der Waals surface area contributed by atoms with Crippen molar-refractivity contribution in [3.63, 3.8) is 0 Å². The molecule has 0 saturated carbocycles. The van der Waals surface area contributed by atoms with Crippen LogP contribution >= 0.6 is 31.9 Å². The minimum atomic E-state index is -0.0180. The van der Waals surface area contributed by atoms with Gasteiger partial charge in [0.25, 0.3) is 5.91 Å². The first-order chi connectivity index (χ1) is 8.41. The minimum Gasteiger partial charge on any atom is -0.377 e. The Morgan fingerprint density at radius 3 is 2.67 bits per heavy atom. The van der Waals surface area contributed by atoms with Gasteiger partial charge in [0, 0.05) is 22.5 Å². The standard InChI is InChI=1S/C13H17Br2NO2/c1-9(2)18-7-6-16(3)13(17)11-8-10(14)4-5-12(11)15/h4-5,8-9H,6-7H2,1-3H3. The second-order valence-electron chi connectivity index (χ2n) is 4.27. The highest BCUT2D eigenvalue weighted by molar-refractivity contribution is 9.11. The summed E-state index contributed by atoms with van der Waals surface area (Å²) in [7, 11) is 1.78. The maximum Gasteiger partial charge on any atom is 0.254 e. The van der Waals surface area contributed by atoms with Gasteiger partial charge in [-0.15, -0.1) is 0 Å². The van der Waals surface area contributed by atoms with Crippen molar-refractivity contribution in [1.82, 2.24) is 4.90 Å². The third kappa shape index (κ3) is 4.71. The van der Waals surface area contributed by atoms with Gasteiger partial charge in [0.2, 0.25) is 0 Å². The summed E-state index contributed by atoms with van der Waals surface area (Å²) in [5, 5.41) is 0. The molecule has 0 N–H and O–H groups in total. The number of likely N-dealkylation sites (N-methyl/N-ethyl adjacent to an activating group) is 1. The van der Waals surface area contributed by atoms with Crippen molar-refractivity contribution in [3.8, 4) is 0 Å². The zero-order chi connectivity index (χ0) is 13.7. The first-order valence-electron chi connectivity index (χ1n) is 5.74. The van der Waals surface area contributed by atoms with Gasteiger partial charge in [-0.05, 0) is 48.0 Å². The molecule has 0 fully saturated rings. The predicted octanol–water partition coefficient (Wildman–Crippen LogP) is 3.71. The number of amides is 1. The van der Waals surface area contributed by atoms with E-state index in [1.54, 1.807) is 11.9 Å². The van der Waals surface area contributed by atoms with E-state index in [9.17, 15) is 4.79 Å². The summed E-state index contributed by atoms with van der Waals surface area (Å²) >= 11 is 6.76. The van der Waals surface area contributed by atoms with Crippen molar-refractivity contribution in [2.75, 3.05) is 20.2 Å². The molecule has 1 amide bonds. The number of nitrogens with zero attached hydrogens (tertiary/aromatic N) is 1. The van der Waals surface area contributed by atoms with Gasteiger partial charge in [0.05, 0.1) is 18.3 Å². The van der Waals surface area contributed by atoms with Crippen LogP contribution in [0.5, 0.6) is 0 Å². The zero-order valence-electron chi connectivity index (χ0n) is 10.7. The van der Waals surface area contributed by atoms with E-state index in [-0.39, 0.29) is 12.0 Å². The van der Waals surface area contributed by atoms with E-state index >= 15 is 0 Å². The number of hydrogen-bond donors (Lipinski definition) is 0. The Kier molecular flexibility index (Phi) is 6.32. The molecule has 0 atom stereocenters. The molecule has 0 aliphatic rings. The Balaban J connectivity index is 2.65.